The van der Waals surface area contributed by atoms with Crippen molar-refractivity contribution in [3.63, 3.8) is 0 Å². The molecule has 0 aliphatic rings. The van der Waals surface area contributed by atoms with Gasteiger partial charge in [-0.25, -0.2) is 14.8 Å². The highest BCUT2D eigenvalue weighted by atomic mass is 16.5. The van der Waals surface area contributed by atoms with E-state index < -0.39 is 5.97 Å². The number of ether oxygens (including phenoxy) is 1. The first-order valence-corrected chi connectivity index (χ1v) is 9.08. The number of hydrogen-bond acceptors (Lipinski definition) is 7. The molecule has 0 N–H and O–H groups in total. The van der Waals surface area contributed by atoms with E-state index in [1.165, 1.54) is 7.11 Å². The van der Waals surface area contributed by atoms with Crippen LogP contribution in [0.4, 0.5) is 0 Å². The summed E-state index contributed by atoms with van der Waals surface area (Å²) in [5, 5.41) is 8.18. The van der Waals surface area contributed by atoms with Crippen molar-refractivity contribution in [2.45, 2.75) is 19.9 Å². The number of oxazole rings is 1. The molecule has 1 aromatic carbocycles. The van der Waals surface area contributed by atoms with Gasteiger partial charge in [-0.15, -0.1) is 10.2 Å². The quantitative estimate of drug-likeness (QED) is 0.475. The molecule has 8 nitrogen and oxygen atoms in total. The molecule has 4 aromatic rings. The van der Waals surface area contributed by atoms with Crippen LogP contribution in [-0.4, -0.2) is 37.8 Å². The molecule has 0 radical (unpaired) electrons. The molecule has 0 spiro atoms. The van der Waals surface area contributed by atoms with Crippen LogP contribution in [0.3, 0.4) is 0 Å². The average molecular weight is 389 g/mol. The molecular weight excluding hydrogens is 370 g/mol. The number of rotatable bonds is 5. The lowest BCUT2D eigenvalue weighted by atomic mass is 10.1. The Morgan fingerprint density at radius 2 is 1.93 bits per heavy atom. The first-order chi connectivity index (χ1) is 14.1. The zero-order valence-corrected chi connectivity index (χ0v) is 16.2. The fourth-order valence-corrected chi connectivity index (χ4v) is 2.93. The zero-order valence-electron chi connectivity index (χ0n) is 16.2. The lowest BCUT2D eigenvalue weighted by Gasteiger charge is -2.09. The number of benzene rings is 1. The van der Waals surface area contributed by atoms with Gasteiger partial charge in [-0.1, -0.05) is 18.2 Å². The van der Waals surface area contributed by atoms with Crippen molar-refractivity contribution in [1.29, 1.82) is 0 Å². The van der Waals surface area contributed by atoms with Gasteiger partial charge in [-0.3, -0.25) is 0 Å². The summed E-state index contributed by atoms with van der Waals surface area (Å²) in [5.41, 5.74) is 2.43. The predicted molar refractivity (Wildman–Crippen MR) is 106 cm³/mol. The molecule has 3 aromatic heterocycles. The van der Waals surface area contributed by atoms with E-state index in [2.05, 4.69) is 34.0 Å². The number of esters is 1. The molecule has 3 heterocycles. The van der Waals surface area contributed by atoms with E-state index in [0.717, 1.165) is 5.56 Å². The predicted octanol–water partition coefficient (Wildman–Crippen LogP) is 4.03. The maximum Gasteiger partial charge on any atom is 0.337 e. The van der Waals surface area contributed by atoms with E-state index in [4.69, 9.17) is 9.15 Å². The van der Waals surface area contributed by atoms with Crippen LogP contribution < -0.4 is 0 Å². The van der Waals surface area contributed by atoms with Crippen LogP contribution >= 0.6 is 0 Å². The van der Waals surface area contributed by atoms with Gasteiger partial charge in [-0.2, -0.15) is 0 Å². The summed E-state index contributed by atoms with van der Waals surface area (Å²) < 4.78 is 12.6. The van der Waals surface area contributed by atoms with Gasteiger partial charge in [0.25, 0.3) is 0 Å². The number of aromatic nitrogens is 5. The summed E-state index contributed by atoms with van der Waals surface area (Å²) >= 11 is 0. The normalized spacial score (nSPS) is 11.0. The number of methoxy groups -OCH3 is 1. The minimum Gasteiger partial charge on any atom is -0.465 e. The highest BCUT2D eigenvalue weighted by Gasteiger charge is 2.15. The van der Waals surface area contributed by atoms with Crippen molar-refractivity contribution >= 4 is 5.97 Å². The van der Waals surface area contributed by atoms with Crippen LogP contribution in [0.2, 0.25) is 0 Å². The van der Waals surface area contributed by atoms with Crippen LogP contribution in [0.25, 0.3) is 34.4 Å². The molecule has 0 bridgehead atoms. The van der Waals surface area contributed by atoms with Gasteiger partial charge in [0.05, 0.1) is 18.9 Å². The van der Waals surface area contributed by atoms with E-state index >= 15 is 0 Å². The Labute approximate surface area is 167 Å². The summed E-state index contributed by atoms with van der Waals surface area (Å²) in [7, 11) is 1.35. The van der Waals surface area contributed by atoms with Crippen molar-refractivity contribution in [2.24, 2.45) is 0 Å². The number of carbonyl (C=O) groups excluding carboxylic acids is 1. The smallest absolute Gasteiger partial charge is 0.337 e. The zero-order chi connectivity index (χ0) is 20.4. The van der Waals surface area contributed by atoms with E-state index in [9.17, 15) is 4.79 Å². The summed E-state index contributed by atoms with van der Waals surface area (Å²) in [6.45, 7) is 4.11. The Morgan fingerprint density at radius 3 is 2.72 bits per heavy atom. The SMILES string of the molecule is COC(=O)c1cccc(-c2cnc(-c3cccc(-c4nncn4C(C)C)n3)o2)c1. The summed E-state index contributed by atoms with van der Waals surface area (Å²) in [6.07, 6.45) is 3.29. The maximum atomic E-state index is 11.8. The van der Waals surface area contributed by atoms with Gasteiger partial charge in [0.15, 0.2) is 11.6 Å². The van der Waals surface area contributed by atoms with Crippen LogP contribution in [0.5, 0.6) is 0 Å². The molecule has 0 unspecified atom stereocenters. The Bertz CT molecular complexity index is 1160. The standard InChI is InChI=1S/C21H19N5O3/c1-13(2)26-12-23-25-19(26)16-8-5-9-17(24-16)20-22-11-18(29-20)14-6-4-7-15(10-14)21(27)28-3/h4-13H,1-3H3. The maximum absolute atomic E-state index is 11.8. The second-order valence-corrected chi connectivity index (χ2v) is 6.67. The number of pyridine rings is 1. The van der Waals surface area contributed by atoms with Crippen molar-refractivity contribution in [3.05, 3.63) is 60.6 Å². The molecule has 0 aliphatic carbocycles. The van der Waals surface area contributed by atoms with Crippen molar-refractivity contribution < 1.29 is 13.9 Å². The van der Waals surface area contributed by atoms with E-state index in [1.807, 2.05) is 28.8 Å². The summed E-state index contributed by atoms with van der Waals surface area (Å²) in [5.74, 6) is 1.18. The van der Waals surface area contributed by atoms with Crippen LogP contribution in [0.1, 0.15) is 30.2 Å². The third-order valence-electron chi connectivity index (χ3n) is 4.40. The Hall–Kier alpha value is -3.81. The van der Waals surface area contributed by atoms with Gasteiger partial charge in [0.2, 0.25) is 5.89 Å². The minimum absolute atomic E-state index is 0.209. The number of carbonyl (C=O) groups is 1. The second-order valence-electron chi connectivity index (χ2n) is 6.67. The van der Waals surface area contributed by atoms with Crippen LogP contribution in [-0.2, 0) is 4.74 Å². The fourth-order valence-electron chi connectivity index (χ4n) is 2.93. The van der Waals surface area contributed by atoms with E-state index in [1.54, 1.807) is 30.7 Å². The molecule has 8 heteroatoms. The highest BCUT2D eigenvalue weighted by Crippen LogP contribution is 2.27. The van der Waals surface area contributed by atoms with Gasteiger partial charge in [0, 0.05) is 11.6 Å². The molecule has 0 fully saturated rings. The Kier molecular flexibility index (Phi) is 4.90. The van der Waals surface area contributed by atoms with Gasteiger partial charge < -0.3 is 13.7 Å². The molecule has 146 valence electrons. The van der Waals surface area contributed by atoms with Gasteiger partial charge >= 0.3 is 5.97 Å². The molecule has 4 rings (SSSR count). The molecule has 0 amide bonds. The number of nitrogens with zero attached hydrogens (tertiary/aromatic N) is 5. The second kappa shape index (κ2) is 7.67. The van der Waals surface area contributed by atoms with E-state index in [0.29, 0.717) is 34.4 Å². The lowest BCUT2D eigenvalue weighted by molar-refractivity contribution is 0.0601. The Morgan fingerprint density at radius 1 is 1.14 bits per heavy atom. The molecule has 0 saturated carbocycles. The summed E-state index contributed by atoms with van der Waals surface area (Å²) in [6, 6.07) is 12.8. The molecule has 0 aliphatic heterocycles. The molecule has 29 heavy (non-hydrogen) atoms. The first-order valence-electron chi connectivity index (χ1n) is 9.08. The van der Waals surface area contributed by atoms with Gasteiger partial charge in [-0.05, 0) is 38.1 Å². The summed E-state index contributed by atoms with van der Waals surface area (Å²) in [4.78, 5) is 20.7. The van der Waals surface area contributed by atoms with Crippen LogP contribution in [0.15, 0.2) is 59.4 Å². The number of hydrogen-bond donors (Lipinski definition) is 0. The first kappa shape index (κ1) is 18.5. The lowest BCUT2D eigenvalue weighted by Crippen LogP contribution is -2.03. The minimum atomic E-state index is -0.407. The van der Waals surface area contributed by atoms with Crippen molar-refractivity contribution in [1.82, 2.24) is 24.7 Å². The molecular formula is C21H19N5O3. The Balaban J connectivity index is 1.67. The van der Waals surface area contributed by atoms with Gasteiger partial charge in [0.1, 0.15) is 17.7 Å². The molecule has 0 saturated heterocycles. The third kappa shape index (κ3) is 3.64. The third-order valence-corrected chi connectivity index (χ3v) is 4.40. The monoisotopic (exact) mass is 389 g/mol. The topological polar surface area (TPSA) is 95.9 Å². The fraction of sp³-hybridized carbons (Fsp3) is 0.190. The van der Waals surface area contributed by atoms with E-state index in [-0.39, 0.29) is 6.04 Å². The molecule has 0 atom stereocenters. The van der Waals surface area contributed by atoms with Crippen LogP contribution in [0, 0.1) is 0 Å². The van der Waals surface area contributed by atoms with Crippen molar-refractivity contribution in [3.8, 4) is 34.4 Å². The van der Waals surface area contributed by atoms with Crippen molar-refractivity contribution in [2.75, 3.05) is 7.11 Å². The largest absolute Gasteiger partial charge is 0.465 e. The highest BCUT2D eigenvalue weighted by molar-refractivity contribution is 5.90. The average Bonchev–Trinajstić information content (AvgIpc) is 3.43.